The van der Waals surface area contributed by atoms with Crippen LogP contribution in [0.3, 0.4) is 0 Å². The fourth-order valence-corrected chi connectivity index (χ4v) is 4.54. The molecule has 0 spiro atoms. The van der Waals surface area contributed by atoms with Gasteiger partial charge in [0.15, 0.2) is 0 Å². The topological polar surface area (TPSA) is 37.4 Å². The number of hydrogen-bond donors (Lipinski definition) is 0. The molecule has 1 atom stereocenters. The summed E-state index contributed by atoms with van der Waals surface area (Å²) in [5.41, 5.74) is 0. The van der Waals surface area contributed by atoms with Gasteiger partial charge < -0.3 is 0 Å². The molecule has 15 heavy (non-hydrogen) atoms. The summed E-state index contributed by atoms with van der Waals surface area (Å²) in [6.45, 7) is 4.29. The number of halogens is 1. The molecular formula is C9H14BrNO2S2. The molecule has 1 aromatic heterocycles. The Hall–Kier alpha value is 0.0900. The molecule has 0 aromatic carbocycles. The number of thiophene rings is 1. The summed E-state index contributed by atoms with van der Waals surface area (Å²) in [6.07, 6.45) is 0. The number of nitrogens with zero attached hydrogens (tertiary/aromatic N) is 1. The zero-order valence-corrected chi connectivity index (χ0v) is 12.1. The van der Waals surface area contributed by atoms with E-state index in [1.807, 2.05) is 19.9 Å². The normalized spacial score (nSPS) is 14.5. The van der Waals surface area contributed by atoms with Crippen LogP contribution in [0.25, 0.3) is 0 Å². The third-order valence-electron chi connectivity index (χ3n) is 1.89. The van der Waals surface area contributed by atoms with Crippen molar-refractivity contribution in [3.05, 3.63) is 17.0 Å². The first kappa shape index (κ1) is 13.2. The molecule has 3 nitrogen and oxygen atoms in total. The van der Waals surface area contributed by atoms with Gasteiger partial charge in [-0.2, -0.15) is 4.31 Å². The fourth-order valence-electron chi connectivity index (χ4n) is 1.16. The van der Waals surface area contributed by atoms with Crippen LogP contribution in [0.1, 0.15) is 11.8 Å². The molecule has 86 valence electrons. The SMILES string of the molecule is Cc1ccc(S(=O)(=O)N(C)CC(C)Br)s1. The lowest BCUT2D eigenvalue weighted by Gasteiger charge is -2.17. The number of sulfonamides is 1. The van der Waals surface area contributed by atoms with Gasteiger partial charge in [0.25, 0.3) is 10.0 Å². The Morgan fingerprint density at radius 2 is 2.13 bits per heavy atom. The zero-order chi connectivity index (χ0) is 11.6. The van der Waals surface area contributed by atoms with Crippen molar-refractivity contribution in [3.8, 4) is 0 Å². The summed E-state index contributed by atoms with van der Waals surface area (Å²) < 4.78 is 25.8. The maximum atomic E-state index is 12.0. The second-order valence-electron chi connectivity index (χ2n) is 3.43. The fraction of sp³-hybridized carbons (Fsp3) is 0.556. The van der Waals surface area contributed by atoms with Crippen LogP contribution in [0.15, 0.2) is 16.3 Å². The van der Waals surface area contributed by atoms with Crippen molar-refractivity contribution in [1.82, 2.24) is 4.31 Å². The summed E-state index contributed by atoms with van der Waals surface area (Å²) in [7, 11) is -1.69. The van der Waals surface area contributed by atoms with Crippen molar-refractivity contribution in [3.63, 3.8) is 0 Å². The average Bonchev–Trinajstić information content (AvgIpc) is 2.50. The first-order chi connectivity index (χ1) is 6.84. The van der Waals surface area contributed by atoms with Crippen LogP contribution in [0.4, 0.5) is 0 Å². The zero-order valence-electron chi connectivity index (χ0n) is 8.90. The summed E-state index contributed by atoms with van der Waals surface area (Å²) in [5.74, 6) is 0. The van der Waals surface area contributed by atoms with Gasteiger partial charge in [0.1, 0.15) is 4.21 Å². The Labute approximate surface area is 103 Å². The third kappa shape index (κ3) is 3.27. The smallest absolute Gasteiger partial charge is 0.206 e. The maximum Gasteiger partial charge on any atom is 0.252 e. The Morgan fingerprint density at radius 1 is 1.53 bits per heavy atom. The van der Waals surface area contributed by atoms with E-state index in [4.69, 9.17) is 0 Å². The number of alkyl halides is 1. The van der Waals surface area contributed by atoms with Crippen LogP contribution in [-0.2, 0) is 10.0 Å². The Balaban J connectivity index is 2.93. The van der Waals surface area contributed by atoms with Crippen LogP contribution in [0.5, 0.6) is 0 Å². The predicted molar refractivity (Wildman–Crippen MR) is 67.3 cm³/mol. The molecule has 0 aliphatic rings. The largest absolute Gasteiger partial charge is 0.252 e. The molecular weight excluding hydrogens is 298 g/mol. The second-order valence-corrected chi connectivity index (χ2v) is 8.55. The van der Waals surface area contributed by atoms with Crippen molar-refractivity contribution in [1.29, 1.82) is 0 Å². The lowest BCUT2D eigenvalue weighted by molar-refractivity contribution is 0.475. The van der Waals surface area contributed by atoms with E-state index >= 15 is 0 Å². The monoisotopic (exact) mass is 311 g/mol. The maximum absolute atomic E-state index is 12.0. The average molecular weight is 312 g/mol. The van der Waals surface area contributed by atoms with Crippen molar-refractivity contribution in [2.24, 2.45) is 0 Å². The molecule has 0 saturated heterocycles. The third-order valence-corrected chi connectivity index (χ3v) is 5.47. The number of hydrogen-bond acceptors (Lipinski definition) is 3. The first-order valence-corrected chi connectivity index (χ1v) is 7.68. The van der Waals surface area contributed by atoms with E-state index in [0.29, 0.717) is 10.8 Å². The van der Waals surface area contributed by atoms with Gasteiger partial charge in [0.05, 0.1) is 0 Å². The van der Waals surface area contributed by atoms with Crippen molar-refractivity contribution in [2.45, 2.75) is 22.9 Å². The van der Waals surface area contributed by atoms with Gasteiger partial charge in [-0.3, -0.25) is 0 Å². The predicted octanol–water partition coefficient (Wildman–Crippen LogP) is 2.46. The van der Waals surface area contributed by atoms with E-state index in [0.717, 1.165) is 4.88 Å². The minimum atomic E-state index is -3.29. The molecule has 1 unspecified atom stereocenters. The van der Waals surface area contributed by atoms with Crippen LogP contribution >= 0.6 is 27.3 Å². The summed E-state index contributed by atoms with van der Waals surface area (Å²) in [4.78, 5) is 1.16. The highest BCUT2D eigenvalue weighted by molar-refractivity contribution is 9.09. The van der Waals surface area contributed by atoms with Gasteiger partial charge in [0.2, 0.25) is 0 Å². The highest BCUT2D eigenvalue weighted by Crippen LogP contribution is 2.23. The standard InChI is InChI=1S/C9H14BrNO2S2/c1-7(10)6-11(3)15(12,13)9-5-4-8(2)14-9/h4-5,7H,6H2,1-3H3. The quantitative estimate of drug-likeness (QED) is 0.801. The van der Waals surface area contributed by atoms with Gasteiger partial charge in [-0.25, -0.2) is 8.42 Å². The van der Waals surface area contributed by atoms with Gasteiger partial charge in [-0.05, 0) is 19.1 Å². The molecule has 6 heteroatoms. The molecule has 0 aliphatic carbocycles. The summed E-state index contributed by atoms with van der Waals surface area (Å²) in [5, 5.41) is 0. The highest BCUT2D eigenvalue weighted by atomic mass is 79.9. The summed E-state index contributed by atoms with van der Waals surface area (Å²) >= 11 is 4.65. The van der Waals surface area contributed by atoms with E-state index in [1.165, 1.54) is 15.6 Å². The molecule has 0 aliphatic heterocycles. The Kier molecular flexibility index (Phi) is 4.34. The van der Waals surface area contributed by atoms with E-state index in [-0.39, 0.29) is 4.83 Å². The van der Waals surface area contributed by atoms with Crippen molar-refractivity contribution < 1.29 is 8.42 Å². The molecule has 0 fully saturated rings. The second kappa shape index (κ2) is 4.95. The van der Waals surface area contributed by atoms with Gasteiger partial charge >= 0.3 is 0 Å². The summed E-state index contributed by atoms with van der Waals surface area (Å²) in [6, 6.07) is 3.48. The molecule has 1 aromatic rings. The Bertz CT molecular complexity index is 425. The van der Waals surface area contributed by atoms with Gasteiger partial charge in [0, 0.05) is 23.3 Å². The van der Waals surface area contributed by atoms with Crippen LogP contribution in [0.2, 0.25) is 0 Å². The van der Waals surface area contributed by atoms with Crippen LogP contribution < -0.4 is 0 Å². The van der Waals surface area contributed by atoms with Crippen LogP contribution in [-0.4, -0.2) is 31.1 Å². The highest BCUT2D eigenvalue weighted by Gasteiger charge is 2.22. The molecule has 1 heterocycles. The lowest BCUT2D eigenvalue weighted by Crippen LogP contribution is -2.30. The van der Waals surface area contributed by atoms with E-state index in [2.05, 4.69) is 15.9 Å². The minimum absolute atomic E-state index is 0.151. The number of aryl methyl sites for hydroxylation is 1. The minimum Gasteiger partial charge on any atom is -0.206 e. The molecule has 0 radical (unpaired) electrons. The van der Waals surface area contributed by atoms with E-state index < -0.39 is 10.0 Å². The van der Waals surface area contributed by atoms with Crippen LogP contribution in [0, 0.1) is 6.92 Å². The first-order valence-electron chi connectivity index (χ1n) is 4.51. The molecule has 1 rings (SSSR count). The molecule has 0 saturated carbocycles. The van der Waals surface area contributed by atoms with Crippen molar-refractivity contribution >= 4 is 37.3 Å². The van der Waals surface area contributed by atoms with E-state index in [9.17, 15) is 8.42 Å². The molecule has 0 amide bonds. The lowest BCUT2D eigenvalue weighted by atomic mass is 10.5. The van der Waals surface area contributed by atoms with Gasteiger partial charge in [-0.15, -0.1) is 11.3 Å². The molecule has 0 bridgehead atoms. The van der Waals surface area contributed by atoms with E-state index in [1.54, 1.807) is 13.1 Å². The molecule has 0 N–H and O–H groups in total. The van der Waals surface area contributed by atoms with Gasteiger partial charge in [-0.1, -0.05) is 22.9 Å². The van der Waals surface area contributed by atoms with Crippen molar-refractivity contribution in [2.75, 3.05) is 13.6 Å². The Morgan fingerprint density at radius 3 is 2.53 bits per heavy atom. The number of rotatable bonds is 4.